The molecule has 0 aliphatic carbocycles. The Morgan fingerprint density at radius 1 is 1.04 bits per heavy atom. The topological polar surface area (TPSA) is 69.9 Å². The zero-order valence-electron chi connectivity index (χ0n) is 14.3. The highest BCUT2D eigenvalue weighted by Crippen LogP contribution is 2.30. The Balaban J connectivity index is 1.43. The summed E-state index contributed by atoms with van der Waals surface area (Å²) in [6.07, 6.45) is 4.52. The molecule has 1 amide bonds. The first-order chi connectivity index (χ1) is 12.1. The molecule has 1 aromatic carbocycles. The molecule has 0 bridgehead atoms. The first kappa shape index (κ1) is 16.5. The van der Waals surface area contributed by atoms with Crippen molar-refractivity contribution in [3.05, 3.63) is 34.4 Å². The number of nitro benzene ring substituents is 1. The molecule has 4 rings (SSSR count). The molecule has 3 fully saturated rings. The number of hydrogen-bond acceptors (Lipinski definition) is 5. The van der Waals surface area contributed by atoms with Crippen LogP contribution in [-0.2, 0) is 4.79 Å². The number of hydrogen-bond donors (Lipinski definition) is 0. The number of amides is 1. The Labute approximate surface area is 147 Å². The average Bonchev–Trinajstić information content (AvgIpc) is 3.35. The third-order valence-corrected chi connectivity index (χ3v) is 5.82. The highest BCUT2D eigenvalue weighted by Gasteiger charge is 2.41. The minimum Gasteiger partial charge on any atom is -0.311 e. The lowest BCUT2D eigenvalue weighted by Gasteiger charge is -2.26. The molecular formula is C18H24N4O3. The van der Waals surface area contributed by atoms with E-state index in [0.717, 1.165) is 25.9 Å². The van der Waals surface area contributed by atoms with Gasteiger partial charge in [0.1, 0.15) is 0 Å². The Kier molecular flexibility index (Phi) is 4.43. The molecule has 0 N–H and O–H groups in total. The van der Waals surface area contributed by atoms with Crippen molar-refractivity contribution < 1.29 is 9.72 Å². The quantitative estimate of drug-likeness (QED) is 0.616. The van der Waals surface area contributed by atoms with Gasteiger partial charge in [-0.3, -0.25) is 24.7 Å². The summed E-state index contributed by atoms with van der Waals surface area (Å²) in [6.45, 7) is 4.96. The molecule has 7 heteroatoms. The van der Waals surface area contributed by atoms with Crippen LogP contribution in [0.25, 0.3) is 0 Å². The van der Waals surface area contributed by atoms with Gasteiger partial charge in [0.15, 0.2) is 0 Å². The normalized spacial score (nSPS) is 28.2. The van der Waals surface area contributed by atoms with E-state index in [1.54, 1.807) is 17.0 Å². The lowest BCUT2D eigenvalue weighted by atomic mass is 10.2. The summed E-state index contributed by atoms with van der Waals surface area (Å²) in [4.78, 5) is 30.1. The molecule has 2 atom stereocenters. The molecule has 0 spiro atoms. The fourth-order valence-electron chi connectivity index (χ4n) is 4.49. The smallest absolute Gasteiger partial charge is 0.271 e. The summed E-state index contributed by atoms with van der Waals surface area (Å²) in [6, 6.07) is 6.89. The van der Waals surface area contributed by atoms with Crippen LogP contribution in [0.3, 0.4) is 0 Å². The van der Waals surface area contributed by atoms with E-state index >= 15 is 0 Å². The first-order valence-electron chi connectivity index (χ1n) is 9.17. The van der Waals surface area contributed by atoms with E-state index in [2.05, 4.69) is 9.80 Å². The predicted molar refractivity (Wildman–Crippen MR) is 94.6 cm³/mol. The fraction of sp³-hybridized carbons (Fsp3) is 0.611. The summed E-state index contributed by atoms with van der Waals surface area (Å²) >= 11 is 0. The van der Waals surface area contributed by atoms with Crippen molar-refractivity contribution in [3.8, 4) is 0 Å². The van der Waals surface area contributed by atoms with Gasteiger partial charge >= 0.3 is 0 Å². The Bertz CT molecular complexity index is 674. The second-order valence-corrected chi connectivity index (χ2v) is 7.25. The van der Waals surface area contributed by atoms with Gasteiger partial charge in [0.05, 0.1) is 16.7 Å². The molecule has 7 nitrogen and oxygen atoms in total. The van der Waals surface area contributed by atoms with Gasteiger partial charge in [0.25, 0.3) is 5.69 Å². The molecule has 1 aromatic rings. The lowest BCUT2D eigenvalue weighted by molar-refractivity contribution is -0.384. The van der Waals surface area contributed by atoms with Gasteiger partial charge < -0.3 is 4.90 Å². The number of rotatable bonds is 4. The highest BCUT2D eigenvalue weighted by molar-refractivity contribution is 5.99. The zero-order valence-corrected chi connectivity index (χ0v) is 14.3. The predicted octanol–water partition coefficient (Wildman–Crippen LogP) is 1.87. The van der Waals surface area contributed by atoms with Gasteiger partial charge in [0.2, 0.25) is 5.91 Å². The van der Waals surface area contributed by atoms with E-state index in [-0.39, 0.29) is 17.6 Å². The maximum Gasteiger partial charge on any atom is 0.271 e. The standard InChI is InChI=1S/C18H24N4O3/c23-18-17(20-10-6-16(13-20)19-8-1-2-9-19)7-11-21(18)14-4-3-5-15(12-14)22(24)25/h3-5,12,16-17H,1-2,6-11,13H2. The van der Waals surface area contributed by atoms with Crippen LogP contribution < -0.4 is 4.90 Å². The van der Waals surface area contributed by atoms with E-state index in [9.17, 15) is 14.9 Å². The van der Waals surface area contributed by atoms with Crippen LogP contribution >= 0.6 is 0 Å². The van der Waals surface area contributed by atoms with Gasteiger partial charge in [-0.15, -0.1) is 0 Å². The number of anilines is 1. The van der Waals surface area contributed by atoms with Crippen molar-refractivity contribution in [2.24, 2.45) is 0 Å². The van der Waals surface area contributed by atoms with Gasteiger partial charge in [0, 0.05) is 37.8 Å². The molecule has 2 unspecified atom stereocenters. The fourth-order valence-corrected chi connectivity index (χ4v) is 4.49. The molecule has 0 aromatic heterocycles. The number of nitro groups is 1. The average molecular weight is 344 g/mol. The van der Waals surface area contributed by atoms with Crippen LogP contribution in [0.1, 0.15) is 25.7 Å². The number of carbonyl (C=O) groups excluding carboxylic acids is 1. The number of carbonyl (C=O) groups is 1. The second-order valence-electron chi connectivity index (χ2n) is 7.25. The number of benzene rings is 1. The van der Waals surface area contributed by atoms with Gasteiger partial charge in [-0.25, -0.2) is 0 Å². The first-order valence-corrected chi connectivity index (χ1v) is 9.17. The van der Waals surface area contributed by atoms with Crippen molar-refractivity contribution in [1.29, 1.82) is 0 Å². The monoisotopic (exact) mass is 344 g/mol. The summed E-state index contributed by atoms with van der Waals surface area (Å²) in [5.74, 6) is 0.0857. The summed E-state index contributed by atoms with van der Waals surface area (Å²) < 4.78 is 0. The van der Waals surface area contributed by atoms with Crippen molar-refractivity contribution in [2.75, 3.05) is 37.6 Å². The van der Waals surface area contributed by atoms with Crippen LogP contribution in [0, 0.1) is 10.1 Å². The Hall–Kier alpha value is -1.99. The number of nitrogens with zero attached hydrogens (tertiary/aromatic N) is 4. The molecule has 0 saturated carbocycles. The summed E-state index contributed by atoms with van der Waals surface area (Å²) in [7, 11) is 0. The van der Waals surface area contributed by atoms with Crippen LogP contribution in [0.2, 0.25) is 0 Å². The third kappa shape index (κ3) is 3.14. The minimum absolute atomic E-state index is 0.0315. The van der Waals surface area contributed by atoms with E-state index in [1.807, 2.05) is 0 Å². The van der Waals surface area contributed by atoms with Gasteiger partial charge in [-0.1, -0.05) is 6.07 Å². The summed E-state index contributed by atoms with van der Waals surface area (Å²) in [5, 5.41) is 11.0. The largest absolute Gasteiger partial charge is 0.311 e. The van der Waals surface area contributed by atoms with Gasteiger partial charge in [-0.05, 0) is 44.8 Å². The van der Waals surface area contributed by atoms with Crippen LogP contribution in [0.4, 0.5) is 11.4 Å². The molecule has 25 heavy (non-hydrogen) atoms. The molecule has 3 heterocycles. The number of likely N-dealkylation sites (tertiary alicyclic amines) is 2. The van der Waals surface area contributed by atoms with E-state index in [1.165, 1.54) is 38.1 Å². The van der Waals surface area contributed by atoms with Crippen molar-refractivity contribution in [1.82, 2.24) is 9.80 Å². The second kappa shape index (κ2) is 6.72. The van der Waals surface area contributed by atoms with Crippen molar-refractivity contribution in [2.45, 2.75) is 37.8 Å². The maximum absolute atomic E-state index is 12.9. The maximum atomic E-state index is 12.9. The molecule has 3 aliphatic rings. The van der Waals surface area contributed by atoms with E-state index in [0.29, 0.717) is 18.3 Å². The SMILES string of the molecule is O=C1C(N2CCC(N3CCCC3)C2)CCN1c1cccc([N+](=O)[O-])c1. The molecule has 3 aliphatic heterocycles. The lowest BCUT2D eigenvalue weighted by Crippen LogP contribution is -2.43. The summed E-state index contributed by atoms with van der Waals surface area (Å²) in [5.41, 5.74) is 0.668. The number of non-ortho nitro benzene ring substituents is 1. The Morgan fingerprint density at radius 2 is 1.84 bits per heavy atom. The molecule has 134 valence electrons. The van der Waals surface area contributed by atoms with E-state index in [4.69, 9.17) is 0 Å². The zero-order chi connectivity index (χ0) is 17.4. The van der Waals surface area contributed by atoms with Crippen LogP contribution in [0.5, 0.6) is 0 Å². The Morgan fingerprint density at radius 3 is 2.60 bits per heavy atom. The van der Waals surface area contributed by atoms with E-state index < -0.39 is 4.92 Å². The highest BCUT2D eigenvalue weighted by atomic mass is 16.6. The molecule has 3 saturated heterocycles. The minimum atomic E-state index is -0.414. The van der Waals surface area contributed by atoms with Crippen molar-refractivity contribution >= 4 is 17.3 Å². The van der Waals surface area contributed by atoms with Crippen LogP contribution in [0.15, 0.2) is 24.3 Å². The molecule has 0 radical (unpaired) electrons. The van der Waals surface area contributed by atoms with Crippen molar-refractivity contribution in [3.63, 3.8) is 0 Å². The van der Waals surface area contributed by atoms with Gasteiger partial charge in [-0.2, -0.15) is 0 Å². The third-order valence-electron chi connectivity index (χ3n) is 5.82. The van der Waals surface area contributed by atoms with Crippen LogP contribution in [-0.4, -0.2) is 65.4 Å². The molecular weight excluding hydrogens is 320 g/mol.